The molecule has 0 N–H and O–H groups in total. The zero-order valence-corrected chi connectivity index (χ0v) is 13.6. The summed E-state index contributed by atoms with van der Waals surface area (Å²) in [5.74, 6) is 0.889. The topological polar surface area (TPSA) is 27.0 Å². The maximum Gasteiger partial charge on any atom is 0.137 e. The predicted octanol–water partition coefficient (Wildman–Crippen LogP) is 1.33. The van der Waals surface area contributed by atoms with Crippen LogP contribution < -0.4 is 4.90 Å². The van der Waals surface area contributed by atoms with Crippen molar-refractivity contribution >= 4 is 11.3 Å². The summed E-state index contributed by atoms with van der Waals surface area (Å²) in [6.07, 6.45) is 6.13. The van der Waals surface area contributed by atoms with Crippen molar-refractivity contribution in [1.29, 1.82) is 0 Å². The van der Waals surface area contributed by atoms with Crippen molar-refractivity contribution in [3.8, 4) is 0 Å². The van der Waals surface area contributed by atoms with E-state index in [1.165, 1.54) is 44.0 Å². The molecule has 2 aromatic rings. The zero-order valence-electron chi connectivity index (χ0n) is 13.6. The van der Waals surface area contributed by atoms with E-state index in [-0.39, 0.29) is 0 Å². The summed E-state index contributed by atoms with van der Waals surface area (Å²) in [4.78, 5) is 11.9. The number of hydrogen-bond acceptors (Lipinski definition) is 4. The highest BCUT2D eigenvalue weighted by molar-refractivity contribution is 5.58. The molecule has 0 spiro atoms. The number of nitrogens with zero attached hydrogens (tertiary/aromatic N) is 5. The van der Waals surface area contributed by atoms with Crippen molar-refractivity contribution in [1.82, 2.24) is 19.2 Å². The van der Waals surface area contributed by atoms with Crippen molar-refractivity contribution in [2.24, 2.45) is 5.92 Å². The quantitative estimate of drug-likeness (QED) is 0.854. The van der Waals surface area contributed by atoms with Gasteiger partial charge in [0.25, 0.3) is 0 Å². The Morgan fingerprint density at radius 2 is 1.95 bits per heavy atom. The summed E-state index contributed by atoms with van der Waals surface area (Å²) in [7, 11) is 2.21. The van der Waals surface area contributed by atoms with Gasteiger partial charge in [-0.25, -0.2) is 4.98 Å². The first kappa shape index (κ1) is 14.0. The molecule has 2 fully saturated rings. The molecule has 0 aliphatic carbocycles. The molecule has 2 aliphatic heterocycles. The van der Waals surface area contributed by atoms with Crippen LogP contribution in [0.2, 0.25) is 0 Å². The fraction of sp³-hybridized carbons (Fsp3) is 0.588. The van der Waals surface area contributed by atoms with Crippen LogP contribution in [-0.2, 0) is 0 Å². The molecule has 2 saturated heterocycles. The molecular weight excluding hydrogens is 274 g/mol. The van der Waals surface area contributed by atoms with Crippen molar-refractivity contribution < 1.29 is 0 Å². The minimum atomic E-state index is 0.889. The Bertz CT molecular complexity index is 650. The SMILES string of the molecule is Cc1cc2nccn2cc1N1CCN(CC2CN(C)C2)CC1. The second-order valence-electron chi connectivity index (χ2n) is 6.91. The average molecular weight is 299 g/mol. The fourth-order valence-corrected chi connectivity index (χ4v) is 3.86. The highest BCUT2D eigenvalue weighted by Gasteiger charge is 2.27. The summed E-state index contributed by atoms with van der Waals surface area (Å²) < 4.78 is 2.12. The minimum absolute atomic E-state index is 0.889. The molecule has 0 radical (unpaired) electrons. The molecular formula is C17H25N5. The summed E-state index contributed by atoms with van der Waals surface area (Å²) in [5.41, 5.74) is 3.72. The van der Waals surface area contributed by atoms with Gasteiger partial charge < -0.3 is 14.2 Å². The smallest absolute Gasteiger partial charge is 0.137 e. The van der Waals surface area contributed by atoms with Crippen LogP contribution in [0.5, 0.6) is 0 Å². The Labute approximate surface area is 132 Å². The van der Waals surface area contributed by atoms with Crippen LogP contribution in [0.25, 0.3) is 5.65 Å². The Kier molecular flexibility index (Phi) is 3.54. The maximum atomic E-state index is 4.36. The number of anilines is 1. The molecule has 0 aromatic carbocycles. The Morgan fingerprint density at radius 1 is 1.18 bits per heavy atom. The van der Waals surface area contributed by atoms with Crippen LogP contribution in [0.15, 0.2) is 24.7 Å². The Balaban J connectivity index is 1.40. The van der Waals surface area contributed by atoms with Crippen molar-refractivity contribution in [3.05, 3.63) is 30.2 Å². The first-order valence-corrected chi connectivity index (χ1v) is 8.28. The van der Waals surface area contributed by atoms with Crippen LogP contribution in [0.4, 0.5) is 5.69 Å². The maximum absolute atomic E-state index is 4.36. The number of piperazine rings is 1. The summed E-state index contributed by atoms with van der Waals surface area (Å²) in [6, 6.07) is 2.19. The van der Waals surface area contributed by atoms with Crippen LogP contribution in [-0.4, -0.2) is 72.0 Å². The number of fused-ring (bicyclic) bond motifs is 1. The normalized spacial score (nSPS) is 21.5. The lowest BCUT2D eigenvalue weighted by molar-refractivity contribution is 0.0882. The van der Waals surface area contributed by atoms with E-state index in [1.807, 2.05) is 12.4 Å². The number of aromatic nitrogens is 2. The molecule has 4 heterocycles. The molecule has 118 valence electrons. The number of rotatable bonds is 3. The third-order valence-corrected chi connectivity index (χ3v) is 5.08. The van der Waals surface area contributed by atoms with Gasteiger partial charge in [0, 0.05) is 64.4 Å². The first-order chi connectivity index (χ1) is 10.7. The average Bonchev–Trinajstić information content (AvgIpc) is 2.93. The number of aryl methyl sites for hydroxylation is 1. The van der Waals surface area contributed by atoms with Crippen LogP contribution in [0.3, 0.4) is 0 Å². The number of likely N-dealkylation sites (tertiary alicyclic amines) is 1. The van der Waals surface area contributed by atoms with Crippen LogP contribution in [0, 0.1) is 12.8 Å². The van der Waals surface area contributed by atoms with Gasteiger partial charge >= 0.3 is 0 Å². The third kappa shape index (κ3) is 2.59. The van der Waals surface area contributed by atoms with Gasteiger partial charge in [-0.15, -0.1) is 0 Å². The van der Waals surface area contributed by atoms with E-state index in [9.17, 15) is 0 Å². The summed E-state index contributed by atoms with van der Waals surface area (Å²) >= 11 is 0. The second-order valence-corrected chi connectivity index (χ2v) is 6.91. The molecule has 0 atom stereocenters. The van der Waals surface area contributed by atoms with Crippen LogP contribution >= 0.6 is 0 Å². The molecule has 5 nitrogen and oxygen atoms in total. The van der Waals surface area contributed by atoms with Gasteiger partial charge in [-0.05, 0) is 31.5 Å². The lowest BCUT2D eigenvalue weighted by atomic mass is 10.0. The highest BCUT2D eigenvalue weighted by Crippen LogP contribution is 2.23. The molecule has 2 aliphatic rings. The van der Waals surface area contributed by atoms with Crippen molar-refractivity contribution in [3.63, 3.8) is 0 Å². The van der Waals surface area contributed by atoms with E-state index in [1.54, 1.807) is 0 Å². The molecule has 0 unspecified atom stereocenters. The van der Waals surface area contributed by atoms with E-state index in [0.717, 1.165) is 24.7 Å². The van der Waals surface area contributed by atoms with Gasteiger partial charge in [0.2, 0.25) is 0 Å². The standard InChI is InChI=1S/C17H25N5/c1-14-9-17-18-3-4-22(17)13-16(14)21-7-5-20(6-8-21)12-15-10-19(2)11-15/h3-4,9,13,15H,5-8,10-12H2,1-2H3. The first-order valence-electron chi connectivity index (χ1n) is 8.28. The molecule has 22 heavy (non-hydrogen) atoms. The van der Waals surface area contributed by atoms with Crippen molar-refractivity contribution in [2.75, 3.05) is 57.8 Å². The third-order valence-electron chi connectivity index (χ3n) is 5.08. The van der Waals surface area contributed by atoms with Gasteiger partial charge in [0.1, 0.15) is 5.65 Å². The van der Waals surface area contributed by atoms with Crippen molar-refractivity contribution in [2.45, 2.75) is 6.92 Å². The zero-order chi connectivity index (χ0) is 15.1. The van der Waals surface area contributed by atoms with E-state index in [4.69, 9.17) is 0 Å². The van der Waals surface area contributed by atoms with Gasteiger partial charge in [-0.2, -0.15) is 0 Å². The Hall–Kier alpha value is -1.59. The minimum Gasteiger partial charge on any atom is -0.368 e. The van der Waals surface area contributed by atoms with Gasteiger partial charge in [-0.3, -0.25) is 4.90 Å². The monoisotopic (exact) mass is 299 g/mol. The Morgan fingerprint density at radius 3 is 2.68 bits per heavy atom. The lowest BCUT2D eigenvalue weighted by Crippen LogP contribution is -2.53. The highest BCUT2D eigenvalue weighted by atomic mass is 15.3. The second kappa shape index (κ2) is 5.56. The van der Waals surface area contributed by atoms with E-state index >= 15 is 0 Å². The largest absolute Gasteiger partial charge is 0.368 e. The van der Waals surface area contributed by atoms with E-state index in [0.29, 0.717) is 0 Å². The number of imidazole rings is 1. The summed E-state index contributed by atoms with van der Waals surface area (Å²) in [6.45, 7) is 10.6. The number of hydrogen-bond donors (Lipinski definition) is 0. The molecule has 2 aromatic heterocycles. The lowest BCUT2D eigenvalue weighted by Gasteiger charge is -2.42. The molecule has 4 rings (SSSR count). The van der Waals surface area contributed by atoms with Gasteiger partial charge in [-0.1, -0.05) is 0 Å². The van der Waals surface area contributed by atoms with Crippen LogP contribution in [0.1, 0.15) is 5.56 Å². The number of pyridine rings is 1. The predicted molar refractivity (Wildman–Crippen MR) is 89.6 cm³/mol. The van der Waals surface area contributed by atoms with E-state index in [2.05, 4.69) is 50.3 Å². The van der Waals surface area contributed by atoms with E-state index < -0.39 is 0 Å². The van der Waals surface area contributed by atoms with Gasteiger partial charge in [0.05, 0.1) is 5.69 Å². The molecule has 0 bridgehead atoms. The fourth-order valence-electron chi connectivity index (χ4n) is 3.86. The summed E-state index contributed by atoms with van der Waals surface area (Å²) in [5, 5.41) is 0. The van der Waals surface area contributed by atoms with Gasteiger partial charge in [0.15, 0.2) is 0 Å². The molecule has 0 saturated carbocycles. The molecule has 0 amide bonds. The molecule has 5 heteroatoms.